The monoisotopic (exact) mass is 308 g/mol. The van der Waals surface area contributed by atoms with Crippen molar-refractivity contribution < 1.29 is 26.3 Å². The zero-order valence-electron chi connectivity index (χ0n) is 10.00. The van der Waals surface area contributed by atoms with Gasteiger partial charge >= 0.3 is 12.4 Å². The summed E-state index contributed by atoms with van der Waals surface area (Å²) in [7, 11) is 0. The number of rotatable bonds is 1. The molecule has 2 heterocycles. The predicted molar refractivity (Wildman–Crippen MR) is 59.7 cm³/mol. The smallest absolute Gasteiger partial charge is 0.384 e. The van der Waals surface area contributed by atoms with Crippen LogP contribution in [-0.2, 0) is 12.4 Å². The molecule has 0 aromatic carbocycles. The number of aromatic nitrogens is 3. The molecular weight excluding hydrogens is 302 g/mol. The van der Waals surface area contributed by atoms with Crippen LogP contribution in [0.15, 0.2) is 24.5 Å². The Kier molecular flexibility index (Phi) is 3.47. The first-order valence-electron chi connectivity index (χ1n) is 5.32. The average Bonchev–Trinajstić information content (AvgIpc) is 2.36. The molecule has 2 N–H and O–H groups in total. The first kappa shape index (κ1) is 15.0. The van der Waals surface area contributed by atoms with Gasteiger partial charge in [-0.05, 0) is 6.07 Å². The lowest BCUT2D eigenvalue weighted by Crippen LogP contribution is -2.14. The molecule has 0 aliphatic carbocycles. The molecule has 2 aromatic rings. The van der Waals surface area contributed by atoms with Crippen LogP contribution >= 0.6 is 0 Å². The van der Waals surface area contributed by atoms with Gasteiger partial charge in [0.15, 0.2) is 0 Å². The molecule has 0 saturated carbocycles. The largest absolute Gasteiger partial charge is 0.451 e. The molecule has 0 saturated heterocycles. The first-order valence-corrected chi connectivity index (χ1v) is 5.32. The van der Waals surface area contributed by atoms with Gasteiger partial charge in [-0.25, -0.2) is 9.97 Å². The van der Waals surface area contributed by atoms with Gasteiger partial charge in [-0.2, -0.15) is 26.3 Å². The summed E-state index contributed by atoms with van der Waals surface area (Å²) in [4.78, 5) is 9.53. The summed E-state index contributed by atoms with van der Waals surface area (Å²) in [5.41, 5.74) is 2.83. The fourth-order valence-corrected chi connectivity index (χ4v) is 1.58. The zero-order chi connectivity index (χ0) is 15.8. The van der Waals surface area contributed by atoms with E-state index in [-0.39, 0.29) is 0 Å². The molecule has 112 valence electrons. The van der Waals surface area contributed by atoms with Gasteiger partial charge in [-0.3, -0.25) is 4.98 Å². The van der Waals surface area contributed by atoms with Crippen LogP contribution < -0.4 is 5.73 Å². The number of halogens is 6. The van der Waals surface area contributed by atoms with E-state index in [0.717, 1.165) is 18.5 Å². The van der Waals surface area contributed by atoms with E-state index in [1.807, 2.05) is 0 Å². The van der Waals surface area contributed by atoms with Crippen LogP contribution in [0.25, 0.3) is 11.3 Å². The van der Waals surface area contributed by atoms with Crippen LogP contribution in [0.3, 0.4) is 0 Å². The molecular formula is C11H6F6N4. The molecule has 0 aliphatic rings. The highest BCUT2D eigenvalue weighted by molar-refractivity contribution is 5.65. The molecule has 2 aromatic heterocycles. The second kappa shape index (κ2) is 4.86. The number of nitrogen functional groups attached to an aromatic ring is 1. The van der Waals surface area contributed by atoms with Crippen molar-refractivity contribution in [2.75, 3.05) is 5.73 Å². The molecule has 0 bridgehead atoms. The lowest BCUT2D eigenvalue weighted by Gasteiger charge is -2.13. The maximum atomic E-state index is 12.8. The van der Waals surface area contributed by atoms with Gasteiger partial charge in [0.25, 0.3) is 0 Å². The van der Waals surface area contributed by atoms with E-state index in [9.17, 15) is 26.3 Å². The zero-order valence-corrected chi connectivity index (χ0v) is 10.00. The third kappa shape index (κ3) is 3.20. The van der Waals surface area contributed by atoms with Gasteiger partial charge in [0, 0.05) is 24.0 Å². The van der Waals surface area contributed by atoms with Crippen LogP contribution in [0.2, 0.25) is 0 Å². The summed E-state index contributed by atoms with van der Waals surface area (Å²) in [6.45, 7) is 0. The van der Waals surface area contributed by atoms with E-state index in [1.165, 1.54) is 0 Å². The number of nitrogens with zero attached hydrogens (tertiary/aromatic N) is 3. The van der Waals surface area contributed by atoms with Crippen molar-refractivity contribution in [1.82, 2.24) is 15.0 Å². The van der Waals surface area contributed by atoms with Crippen molar-refractivity contribution in [2.24, 2.45) is 0 Å². The summed E-state index contributed by atoms with van der Waals surface area (Å²) < 4.78 is 76.3. The topological polar surface area (TPSA) is 64.7 Å². The summed E-state index contributed by atoms with van der Waals surface area (Å²) in [6.07, 6.45) is -8.05. The second-order valence-corrected chi connectivity index (χ2v) is 3.92. The molecule has 4 nitrogen and oxygen atoms in total. The number of anilines is 1. The summed E-state index contributed by atoms with van der Waals surface area (Å²) in [6, 6.07) is 1.46. The summed E-state index contributed by atoms with van der Waals surface area (Å²) in [5.74, 6) is -2.21. The maximum Gasteiger partial charge on any atom is 0.451 e. The molecule has 0 aliphatic heterocycles. The maximum absolute atomic E-state index is 12.8. The van der Waals surface area contributed by atoms with Crippen molar-refractivity contribution in [1.29, 1.82) is 0 Å². The quantitative estimate of drug-likeness (QED) is 0.822. The highest BCUT2D eigenvalue weighted by Crippen LogP contribution is 2.37. The number of hydrogen-bond acceptors (Lipinski definition) is 4. The Balaban J connectivity index is 2.66. The van der Waals surface area contributed by atoms with Crippen molar-refractivity contribution in [3.8, 4) is 11.3 Å². The van der Waals surface area contributed by atoms with Gasteiger partial charge in [0.05, 0.1) is 11.3 Å². The van der Waals surface area contributed by atoms with Crippen molar-refractivity contribution >= 4 is 5.82 Å². The molecule has 21 heavy (non-hydrogen) atoms. The third-order valence-corrected chi connectivity index (χ3v) is 2.40. The number of nitrogens with two attached hydrogens (primary N) is 1. The number of alkyl halides is 6. The van der Waals surface area contributed by atoms with E-state index in [0.29, 0.717) is 6.07 Å². The van der Waals surface area contributed by atoms with Crippen LogP contribution in [0.5, 0.6) is 0 Å². The Hall–Kier alpha value is -2.39. The molecule has 0 fully saturated rings. The summed E-state index contributed by atoms with van der Waals surface area (Å²) >= 11 is 0. The van der Waals surface area contributed by atoms with Gasteiger partial charge in [-0.1, -0.05) is 0 Å². The number of hydrogen-bond donors (Lipinski definition) is 1. The molecule has 2 rings (SSSR count). The van der Waals surface area contributed by atoms with E-state index >= 15 is 0 Å². The fourth-order valence-electron chi connectivity index (χ4n) is 1.58. The van der Waals surface area contributed by atoms with Crippen LogP contribution in [0.1, 0.15) is 11.4 Å². The summed E-state index contributed by atoms with van der Waals surface area (Å²) in [5, 5.41) is 0. The minimum atomic E-state index is -4.93. The molecule has 0 radical (unpaired) electrons. The van der Waals surface area contributed by atoms with Gasteiger partial charge in [0.2, 0.25) is 5.82 Å². The lowest BCUT2D eigenvalue weighted by atomic mass is 10.1. The Labute approximate surface area is 113 Å². The Morgan fingerprint density at radius 3 is 2.19 bits per heavy atom. The lowest BCUT2D eigenvalue weighted by molar-refractivity contribution is -0.144. The minimum Gasteiger partial charge on any atom is -0.384 e. The van der Waals surface area contributed by atoms with Crippen LogP contribution in [-0.4, -0.2) is 15.0 Å². The normalized spacial score (nSPS) is 12.5. The Bertz CT molecular complexity index is 664. The van der Waals surface area contributed by atoms with Crippen molar-refractivity contribution in [3.05, 3.63) is 35.9 Å². The Morgan fingerprint density at radius 1 is 0.952 bits per heavy atom. The van der Waals surface area contributed by atoms with Crippen LogP contribution in [0.4, 0.5) is 32.2 Å². The van der Waals surface area contributed by atoms with E-state index in [4.69, 9.17) is 5.73 Å². The van der Waals surface area contributed by atoms with Gasteiger partial charge in [0.1, 0.15) is 5.82 Å². The molecule has 0 amide bonds. The van der Waals surface area contributed by atoms with E-state index in [1.54, 1.807) is 0 Å². The second-order valence-electron chi connectivity index (χ2n) is 3.92. The molecule has 0 atom stereocenters. The van der Waals surface area contributed by atoms with E-state index in [2.05, 4.69) is 15.0 Å². The first-order chi connectivity index (χ1) is 9.59. The van der Waals surface area contributed by atoms with Crippen molar-refractivity contribution in [3.63, 3.8) is 0 Å². The Morgan fingerprint density at radius 2 is 1.62 bits per heavy atom. The molecule has 0 spiro atoms. The van der Waals surface area contributed by atoms with Crippen molar-refractivity contribution in [2.45, 2.75) is 12.4 Å². The standard InChI is InChI=1S/C11H6F6N4/c12-10(13,14)6-1-2-19-4-5(6)7-3-8(18)21-9(20-7)11(15,16)17/h1-4H,(H2,18,20,21). The molecule has 0 unspecified atom stereocenters. The minimum absolute atomic E-state index is 0.593. The SMILES string of the molecule is Nc1cc(-c2cnccc2C(F)(F)F)nc(C(F)(F)F)n1. The number of pyridine rings is 1. The van der Waals surface area contributed by atoms with Gasteiger partial charge in [-0.15, -0.1) is 0 Å². The third-order valence-electron chi connectivity index (χ3n) is 2.40. The fraction of sp³-hybridized carbons (Fsp3) is 0.182. The predicted octanol–water partition coefficient (Wildman–Crippen LogP) is 3.16. The van der Waals surface area contributed by atoms with Gasteiger partial charge < -0.3 is 5.73 Å². The highest BCUT2D eigenvalue weighted by atomic mass is 19.4. The molecule has 10 heteroatoms. The highest BCUT2D eigenvalue weighted by Gasteiger charge is 2.37. The van der Waals surface area contributed by atoms with E-state index < -0.39 is 40.8 Å². The average molecular weight is 308 g/mol. The van der Waals surface area contributed by atoms with Crippen LogP contribution in [0, 0.1) is 0 Å².